The van der Waals surface area contributed by atoms with Gasteiger partial charge in [0.15, 0.2) is 12.6 Å². The van der Waals surface area contributed by atoms with E-state index in [4.69, 9.17) is 47.4 Å². The number of hydrogen-bond acceptors (Lipinski definition) is 11. The number of rotatable bonds is 25. The average Bonchev–Trinajstić information content (AvgIpc) is 3.44. The Balaban J connectivity index is 1.10. The fourth-order valence-electron chi connectivity index (χ4n) is 8.99. The fraction of sp³-hybridized carbons (Fsp3) is 0.311. The van der Waals surface area contributed by atoms with Gasteiger partial charge < -0.3 is 52.5 Å². The molecule has 2 aliphatic heterocycles. The van der Waals surface area contributed by atoms with Crippen LogP contribution in [-0.4, -0.2) is 79.7 Å². The van der Waals surface area contributed by atoms with E-state index < -0.39 is 68.0 Å². The van der Waals surface area contributed by atoms with Crippen LogP contribution in [0, 0.1) is 0 Å². The summed E-state index contributed by atoms with van der Waals surface area (Å²) in [5, 5.41) is 11.3. The molecule has 0 aromatic heterocycles. The number of aliphatic hydroxyl groups is 1. The summed E-state index contributed by atoms with van der Waals surface area (Å²) in [6, 6.07) is 69.7. The zero-order valence-electron chi connectivity index (χ0n) is 40.4. The third-order valence-electron chi connectivity index (χ3n) is 12.7. The van der Waals surface area contributed by atoms with Crippen molar-refractivity contribution in [3.63, 3.8) is 0 Å². The highest BCUT2D eigenvalue weighted by atomic mass is 16.8. The van der Waals surface area contributed by atoms with Crippen molar-refractivity contribution < 1.29 is 52.5 Å². The Labute approximate surface area is 423 Å². The summed E-state index contributed by atoms with van der Waals surface area (Å²) < 4.78 is 69.3. The van der Waals surface area contributed by atoms with Gasteiger partial charge in [0.2, 0.25) is 0 Å². The average molecular weight is 973 g/mol. The third-order valence-corrected chi connectivity index (χ3v) is 12.7. The van der Waals surface area contributed by atoms with Crippen LogP contribution in [0.3, 0.4) is 0 Å². The predicted molar refractivity (Wildman–Crippen MR) is 272 cm³/mol. The second-order valence-electron chi connectivity index (χ2n) is 18.0. The third kappa shape index (κ3) is 14.6. The molecule has 0 spiro atoms. The first-order valence-electron chi connectivity index (χ1n) is 24.8. The van der Waals surface area contributed by atoms with Crippen molar-refractivity contribution in [2.45, 2.75) is 108 Å². The molecule has 2 fully saturated rings. The van der Waals surface area contributed by atoms with Crippen molar-refractivity contribution in [1.82, 2.24) is 0 Å². The van der Waals surface area contributed by atoms with E-state index >= 15 is 0 Å². The van der Waals surface area contributed by atoms with Gasteiger partial charge in [-0.3, -0.25) is 0 Å². The van der Waals surface area contributed by atoms with Crippen molar-refractivity contribution in [3.8, 4) is 0 Å². The SMILES string of the molecule is OC[C@H]1O[C@@H](O[C@H]2[C@H](OCc3ccccc3)[C@@H](OCc3ccccc3)[C@H](OCc3ccccc3)O[C@@H]2COCc2ccccc2)[C@H](OCc2ccccc2)[C@@H](OCc2ccccc2)[C@H]1OCc1ccccc1. The molecule has 11 heteroatoms. The summed E-state index contributed by atoms with van der Waals surface area (Å²) in [5.74, 6) is 0. The molecule has 2 heterocycles. The molecular formula is C61H64O11. The lowest BCUT2D eigenvalue weighted by Crippen LogP contribution is -2.66. The molecule has 9 rings (SSSR count). The lowest BCUT2D eigenvalue weighted by Gasteiger charge is -2.50. The predicted octanol–water partition coefficient (Wildman–Crippen LogP) is 10.2. The zero-order chi connectivity index (χ0) is 49.0. The summed E-state index contributed by atoms with van der Waals surface area (Å²) in [6.45, 7) is 1.38. The Bertz CT molecular complexity index is 2550. The van der Waals surface area contributed by atoms with Gasteiger partial charge in [-0.25, -0.2) is 0 Å². The van der Waals surface area contributed by atoms with E-state index in [0.717, 1.165) is 38.9 Å². The molecule has 2 saturated heterocycles. The Hall–Kier alpha value is -5.90. The van der Waals surface area contributed by atoms with Gasteiger partial charge in [0.05, 0.1) is 59.5 Å². The topological polar surface area (TPSA) is 113 Å². The van der Waals surface area contributed by atoms with Crippen molar-refractivity contribution in [2.75, 3.05) is 13.2 Å². The molecule has 0 unspecified atom stereocenters. The van der Waals surface area contributed by atoms with E-state index in [-0.39, 0.29) is 46.2 Å². The van der Waals surface area contributed by atoms with Crippen LogP contribution in [0.2, 0.25) is 0 Å². The van der Waals surface area contributed by atoms with Gasteiger partial charge in [0, 0.05) is 0 Å². The maximum Gasteiger partial charge on any atom is 0.187 e. The van der Waals surface area contributed by atoms with Gasteiger partial charge in [0.1, 0.15) is 48.8 Å². The van der Waals surface area contributed by atoms with E-state index in [9.17, 15) is 5.11 Å². The molecule has 0 radical (unpaired) electrons. The van der Waals surface area contributed by atoms with Gasteiger partial charge in [-0.15, -0.1) is 0 Å². The standard InChI is InChI=1S/C61H64O11/c62-36-52-54(64-38-46-24-10-2-11-25-46)56(65-39-47-26-12-3-13-27-47)59(68-42-50-32-18-6-19-33-50)61(70-52)72-55-53(44-63-37-45-22-8-1-9-23-45)71-60(69-43-51-34-20-7-21-35-51)58(67-41-49-30-16-5-17-31-49)57(55)66-40-48-28-14-4-15-29-48/h1-35,52-62H,36-44H2/t52-,53-,54+,55-,56+,57+,58-,59-,60-,61+/m1/s1. The van der Waals surface area contributed by atoms with Crippen molar-refractivity contribution >= 4 is 0 Å². The molecule has 7 aromatic rings. The summed E-state index contributed by atoms with van der Waals surface area (Å²) >= 11 is 0. The first-order valence-corrected chi connectivity index (χ1v) is 24.8. The van der Waals surface area contributed by atoms with Crippen LogP contribution in [0.25, 0.3) is 0 Å². The lowest BCUT2D eigenvalue weighted by molar-refractivity contribution is -0.378. The Kier molecular flexibility index (Phi) is 19.3. The van der Waals surface area contributed by atoms with Gasteiger partial charge in [0.25, 0.3) is 0 Å². The molecule has 0 saturated carbocycles. The summed E-state index contributed by atoms with van der Waals surface area (Å²) in [4.78, 5) is 0. The molecule has 0 amide bonds. The van der Waals surface area contributed by atoms with E-state index in [2.05, 4.69) is 0 Å². The van der Waals surface area contributed by atoms with Crippen LogP contribution in [0.15, 0.2) is 212 Å². The first-order chi connectivity index (χ1) is 35.7. The van der Waals surface area contributed by atoms with Gasteiger partial charge >= 0.3 is 0 Å². The zero-order valence-corrected chi connectivity index (χ0v) is 40.4. The molecular weight excluding hydrogens is 909 g/mol. The number of benzene rings is 7. The van der Waals surface area contributed by atoms with Crippen molar-refractivity contribution in [3.05, 3.63) is 251 Å². The summed E-state index contributed by atoms with van der Waals surface area (Å²) in [7, 11) is 0. The van der Waals surface area contributed by atoms with Gasteiger partial charge in [-0.2, -0.15) is 0 Å². The molecule has 374 valence electrons. The maximum absolute atomic E-state index is 11.3. The molecule has 0 bridgehead atoms. The second kappa shape index (κ2) is 27.2. The van der Waals surface area contributed by atoms with Gasteiger partial charge in [-0.1, -0.05) is 212 Å². The van der Waals surface area contributed by atoms with Crippen LogP contribution < -0.4 is 0 Å². The maximum atomic E-state index is 11.3. The smallest absolute Gasteiger partial charge is 0.187 e. The van der Waals surface area contributed by atoms with Crippen LogP contribution in [-0.2, 0) is 93.6 Å². The normalized spacial score (nSPS) is 24.2. The fourth-order valence-corrected chi connectivity index (χ4v) is 8.99. The molecule has 2 aliphatic rings. The van der Waals surface area contributed by atoms with E-state index in [1.54, 1.807) is 0 Å². The van der Waals surface area contributed by atoms with E-state index in [0.29, 0.717) is 6.61 Å². The Morgan fingerprint density at radius 2 is 0.583 bits per heavy atom. The molecule has 0 aliphatic carbocycles. The highest BCUT2D eigenvalue weighted by Crippen LogP contribution is 2.37. The Morgan fingerprint density at radius 3 is 0.958 bits per heavy atom. The molecule has 10 atom stereocenters. The highest BCUT2D eigenvalue weighted by Gasteiger charge is 2.54. The Morgan fingerprint density at radius 1 is 0.292 bits per heavy atom. The quantitative estimate of drug-likeness (QED) is 0.0591. The minimum atomic E-state index is -1.16. The molecule has 11 nitrogen and oxygen atoms in total. The summed E-state index contributed by atoms with van der Waals surface area (Å²) in [6.07, 6.45) is -8.88. The lowest BCUT2D eigenvalue weighted by atomic mass is 9.95. The van der Waals surface area contributed by atoms with Crippen LogP contribution in [0.4, 0.5) is 0 Å². The minimum absolute atomic E-state index is 0.0871. The number of hydrogen-bond donors (Lipinski definition) is 1. The number of aliphatic hydroxyl groups excluding tert-OH is 1. The van der Waals surface area contributed by atoms with Gasteiger partial charge in [-0.05, 0) is 38.9 Å². The monoisotopic (exact) mass is 972 g/mol. The largest absolute Gasteiger partial charge is 0.394 e. The van der Waals surface area contributed by atoms with Crippen molar-refractivity contribution in [1.29, 1.82) is 0 Å². The minimum Gasteiger partial charge on any atom is -0.394 e. The first kappa shape index (κ1) is 51.0. The van der Waals surface area contributed by atoms with E-state index in [1.807, 2.05) is 212 Å². The van der Waals surface area contributed by atoms with Crippen LogP contribution in [0.1, 0.15) is 38.9 Å². The van der Waals surface area contributed by atoms with Crippen LogP contribution in [0.5, 0.6) is 0 Å². The summed E-state index contributed by atoms with van der Waals surface area (Å²) in [5.41, 5.74) is 6.73. The molecule has 72 heavy (non-hydrogen) atoms. The molecule has 1 N–H and O–H groups in total. The highest BCUT2D eigenvalue weighted by molar-refractivity contribution is 5.19. The number of ether oxygens (including phenoxy) is 10. The second-order valence-corrected chi connectivity index (χ2v) is 18.0. The van der Waals surface area contributed by atoms with E-state index in [1.165, 1.54) is 0 Å². The molecule has 7 aromatic carbocycles. The van der Waals surface area contributed by atoms with Crippen LogP contribution >= 0.6 is 0 Å². The van der Waals surface area contributed by atoms with Crippen molar-refractivity contribution in [2.24, 2.45) is 0 Å².